The molecule has 0 spiro atoms. The highest BCUT2D eigenvalue weighted by Gasteiger charge is 2.31. The number of benzene rings is 1. The first-order valence-electron chi connectivity index (χ1n) is 7.32. The molecular formula is C16H17F2N3O2. The van der Waals surface area contributed by atoms with Gasteiger partial charge in [0.2, 0.25) is 5.91 Å². The molecule has 0 bridgehead atoms. The van der Waals surface area contributed by atoms with Gasteiger partial charge in [-0.2, -0.15) is 0 Å². The molecule has 1 aliphatic rings. The van der Waals surface area contributed by atoms with Gasteiger partial charge in [0.1, 0.15) is 29.2 Å². The average molecular weight is 321 g/mol. The fraction of sp³-hybridized carbons (Fsp3) is 0.312. The van der Waals surface area contributed by atoms with E-state index in [-0.39, 0.29) is 24.1 Å². The Hall–Kier alpha value is -2.25. The van der Waals surface area contributed by atoms with Crippen molar-refractivity contribution >= 4 is 5.91 Å². The minimum Gasteiger partial charge on any atom is -0.465 e. The molecule has 23 heavy (non-hydrogen) atoms. The SMILES string of the molecule is Cc1ccc(C2CC(C(=O)NCc3cc(F)ccc3F)NN2)o1. The van der Waals surface area contributed by atoms with Gasteiger partial charge in [-0.15, -0.1) is 0 Å². The van der Waals surface area contributed by atoms with Gasteiger partial charge in [0.15, 0.2) is 0 Å². The van der Waals surface area contributed by atoms with E-state index in [0.717, 1.165) is 29.7 Å². The van der Waals surface area contributed by atoms with Crippen molar-refractivity contribution in [3.05, 3.63) is 59.1 Å². The van der Waals surface area contributed by atoms with E-state index in [0.29, 0.717) is 6.42 Å². The second-order valence-electron chi connectivity index (χ2n) is 5.53. The summed E-state index contributed by atoms with van der Waals surface area (Å²) in [6, 6.07) is 6.30. The van der Waals surface area contributed by atoms with Gasteiger partial charge >= 0.3 is 0 Å². The molecular weight excluding hydrogens is 304 g/mol. The topological polar surface area (TPSA) is 66.3 Å². The van der Waals surface area contributed by atoms with Gasteiger partial charge in [-0.3, -0.25) is 4.79 Å². The maximum Gasteiger partial charge on any atom is 0.238 e. The Morgan fingerprint density at radius 2 is 2.13 bits per heavy atom. The quantitative estimate of drug-likeness (QED) is 0.807. The third-order valence-electron chi connectivity index (χ3n) is 3.79. The number of halogens is 2. The van der Waals surface area contributed by atoms with E-state index in [4.69, 9.17) is 4.42 Å². The Morgan fingerprint density at radius 1 is 1.30 bits per heavy atom. The molecule has 2 atom stereocenters. The first-order valence-corrected chi connectivity index (χ1v) is 7.32. The highest BCUT2D eigenvalue weighted by Crippen LogP contribution is 2.24. The molecule has 1 amide bonds. The zero-order valence-corrected chi connectivity index (χ0v) is 12.5. The van der Waals surface area contributed by atoms with E-state index in [1.54, 1.807) is 0 Å². The van der Waals surface area contributed by atoms with Crippen LogP contribution in [0.4, 0.5) is 8.78 Å². The Kier molecular flexibility index (Phi) is 4.40. The van der Waals surface area contributed by atoms with Crippen molar-refractivity contribution in [3.63, 3.8) is 0 Å². The maximum absolute atomic E-state index is 13.5. The smallest absolute Gasteiger partial charge is 0.238 e. The van der Waals surface area contributed by atoms with Crippen LogP contribution in [-0.2, 0) is 11.3 Å². The lowest BCUT2D eigenvalue weighted by molar-refractivity contribution is -0.123. The molecule has 2 unspecified atom stereocenters. The van der Waals surface area contributed by atoms with Crippen molar-refractivity contribution in [1.82, 2.24) is 16.2 Å². The van der Waals surface area contributed by atoms with Crippen LogP contribution in [0.1, 0.15) is 29.5 Å². The van der Waals surface area contributed by atoms with Crippen LogP contribution < -0.4 is 16.2 Å². The molecule has 3 rings (SSSR count). The molecule has 1 fully saturated rings. The number of aryl methyl sites for hydroxylation is 1. The van der Waals surface area contributed by atoms with Gasteiger partial charge < -0.3 is 9.73 Å². The second kappa shape index (κ2) is 6.47. The molecule has 1 saturated heterocycles. The molecule has 0 aliphatic carbocycles. The Labute approximate surface area is 132 Å². The van der Waals surface area contributed by atoms with Crippen LogP contribution in [0.15, 0.2) is 34.7 Å². The molecule has 0 radical (unpaired) electrons. The third-order valence-corrected chi connectivity index (χ3v) is 3.79. The lowest BCUT2D eigenvalue weighted by Gasteiger charge is -2.11. The first-order chi connectivity index (χ1) is 11.0. The minimum absolute atomic E-state index is 0.0644. The summed E-state index contributed by atoms with van der Waals surface area (Å²) < 4.78 is 32.2. The summed E-state index contributed by atoms with van der Waals surface area (Å²) >= 11 is 0. The largest absolute Gasteiger partial charge is 0.465 e. The Morgan fingerprint density at radius 3 is 2.87 bits per heavy atom. The summed E-state index contributed by atoms with van der Waals surface area (Å²) in [5.41, 5.74) is 6.00. The molecule has 3 N–H and O–H groups in total. The second-order valence-corrected chi connectivity index (χ2v) is 5.53. The molecule has 1 aliphatic heterocycles. The van der Waals surface area contributed by atoms with Crippen LogP contribution in [0.2, 0.25) is 0 Å². The van der Waals surface area contributed by atoms with Crippen LogP contribution in [0, 0.1) is 18.6 Å². The van der Waals surface area contributed by atoms with Crippen LogP contribution >= 0.6 is 0 Å². The minimum atomic E-state index is -0.548. The lowest BCUT2D eigenvalue weighted by atomic mass is 10.1. The van der Waals surface area contributed by atoms with Crippen molar-refractivity contribution in [2.45, 2.75) is 32.0 Å². The van der Waals surface area contributed by atoms with E-state index in [9.17, 15) is 13.6 Å². The predicted molar refractivity (Wildman–Crippen MR) is 79.1 cm³/mol. The monoisotopic (exact) mass is 321 g/mol. The van der Waals surface area contributed by atoms with Crippen LogP contribution in [-0.4, -0.2) is 11.9 Å². The van der Waals surface area contributed by atoms with Crippen molar-refractivity contribution in [2.75, 3.05) is 0 Å². The number of carbonyl (C=O) groups is 1. The van der Waals surface area contributed by atoms with Crippen LogP contribution in [0.25, 0.3) is 0 Å². The van der Waals surface area contributed by atoms with Gasteiger partial charge in [-0.25, -0.2) is 19.6 Å². The van der Waals surface area contributed by atoms with Crippen LogP contribution in [0.3, 0.4) is 0 Å². The average Bonchev–Trinajstić information content (AvgIpc) is 3.16. The number of furan rings is 1. The molecule has 7 heteroatoms. The molecule has 1 aromatic heterocycles. The van der Waals surface area contributed by atoms with Gasteiger partial charge in [0, 0.05) is 12.1 Å². The fourth-order valence-electron chi connectivity index (χ4n) is 2.54. The predicted octanol–water partition coefficient (Wildman–Crippen LogP) is 2.09. The third kappa shape index (κ3) is 3.57. The van der Waals surface area contributed by atoms with E-state index < -0.39 is 17.7 Å². The highest BCUT2D eigenvalue weighted by molar-refractivity contribution is 5.82. The van der Waals surface area contributed by atoms with E-state index >= 15 is 0 Å². The zero-order valence-electron chi connectivity index (χ0n) is 12.5. The van der Waals surface area contributed by atoms with Gasteiger partial charge in [0.25, 0.3) is 0 Å². The number of rotatable bonds is 4. The molecule has 2 aromatic rings. The molecule has 0 saturated carbocycles. The van der Waals surface area contributed by atoms with Crippen molar-refractivity contribution in [1.29, 1.82) is 0 Å². The fourth-order valence-corrected chi connectivity index (χ4v) is 2.54. The molecule has 1 aromatic carbocycles. The molecule has 2 heterocycles. The number of nitrogens with one attached hydrogen (secondary N) is 3. The van der Waals surface area contributed by atoms with Crippen molar-refractivity contribution < 1.29 is 18.0 Å². The van der Waals surface area contributed by atoms with Crippen molar-refractivity contribution in [3.8, 4) is 0 Å². The van der Waals surface area contributed by atoms with E-state index in [1.807, 2.05) is 19.1 Å². The molecule has 122 valence electrons. The summed E-state index contributed by atoms with van der Waals surface area (Å²) in [7, 11) is 0. The van der Waals surface area contributed by atoms with Crippen LogP contribution in [0.5, 0.6) is 0 Å². The van der Waals surface area contributed by atoms with E-state index in [2.05, 4.69) is 16.2 Å². The highest BCUT2D eigenvalue weighted by atomic mass is 19.1. The number of carbonyl (C=O) groups excluding carboxylic acids is 1. The number of hydrogen-bond donors (Lipinski definition) is 3. The summed E-state index contributed by atoms with van der Waals surface area (Å²) in [5, 5.41) is 2.61. The Bertz CT molecular complexity index is 717. The lowest BCUT2D eigenvalue weighted by Crippen LogP contribution is -2.43. The summed E-state index contributed by atoms with van der Waals surface area (Å²) in [6.45, 7) is 1.79. The standard InChI is InChI=1S/C16H17F2N3O2/c1-9-2-5-15(23-9)13-7-14(21-20-13)16(22)19-8-10-6-11(17)3-4-12(10)18/h2-6,13-14,20-21H,7-8H2,1H3,(H,19,22). The van der Waals surface area contributed by atoms with E-state index in [1.165, 1.54) is 0 Å². The van der Waals surface area contributed by atoms with Gasteiger partial charge in [-0.05, 0) is 43.7 Å². The first kappa shape index (κ1) is 15.6. The Balaban J connectivity index is 1.56. The normalized spacial score (nSPS) is 20.7. The summed E-state index contributed by atoms with van der Waals surface area (Å²) in [6.07, 6.45) is 0.504. The summed E-state index contributed by atoms with van der Waals surface area (Å²) in [5.74, 6) is 0.183. The zero-order chi connectivity index (χ0) is 16.4. The number of hydrogen-bond acceptors (Lipinski definition) is 4. The molecule has 5 nitrogen and oxygen atoms in total. The number of hydrazine groups is 1. The summed E-state index contributed by atoms with van der Waals surface area (Å²) in [4.78, 5) is 12.1. The number of amides is 1. The van der Waals surface area contributed by atoms with Crippen molar-refractivity contribution in [2.24, 2.45) is 0 Å². The van der Waals surface area contributed by atoms with Gasteiger partial charge in [0.05, 0.1) is 6.04 Å². The van der Waals surface area contributed by atoms with Gasteiger partial charge in [-0.1, -0.05) is 0 Å². The maximum atomic E-state index is 13.5.